The van der Waals surface area contributed by atoms with Crippen molar-refractivity contribution in [1.29, 1.82) is 0 Å². The van der Waals surface area contributed by atoms with E-state index in [1.54, 1.807) is 11.8 Å². The predicted octanol–water partition coefficient (Wildman–Crippen LogP) is 5.22. The maximum absolute atomic E-state index is 4.56. The third-order valence-corrected chi connectivity index (χ3v) is 4.67. The van der Waals surface area contributed by atoms with Crippen LogP contribution in [0, 0.1) is 0 Å². The summed E-state index contributed by atoms with van der Waals surface area (Å²) in [7, 11) is 0. The minimum Gasteiger partial charge on any atom is -0.353 e. The molecule has 26 heavy (non-hydrogen) atoms. The fraction of sp³-hybridized carbons (Fsp3) is 0.476. The number of aromatic nitrogens is 3. The maximum atomic E-state index is 4.56. The van der Waals surface area contributed by atoms with Crippen LogP contribution in [0.2, 0.25) is 0 Å². The van der Waals surface area contributed by atoms with E-state index in [-0.39, 0.29) is 5.41 Å². The van der Waals surface area contributed by atoms with Crippen LogP contribution in [0.5, 0.6) is 0 Å². The number of benzene rings is 1. The number of hydrogen-bond donors (Lipinski definition) is 2. The first-order valence-corrected chi connectivity index (χ1v) is 9.50. The predicted molar refractivity (Wildman–Crippen MR) is 108 cm³/mol. The second-order valence-electron chi connectivity index (χ2n) is 7.87. The van der Waals surface area contributed by atoms with Gasteiger partial charge in [-0.3, -0.25) is 0 Å². The summed E-state index contributed by atoms with van der Waals surface area (Å²) in [4.78, 5) is 4.56. The van der Waals surface area contributed by atoms with Crippen LogP contribution in [-0.4, -0.2) is 21.7 Å². The van der Waals surface area contributed by atoms with E-state index in [2.05, 4.69) is 70.9 Å². The van der Waals surface area contributed by atoms with Gasteiger partial charge in [0.15, 0.2) is 5.82 Å². The van der Waals surface area contributed by atoms with E-state index >= 15 is 0 Å². The quantitative estimate of drug-likeness (QED) is 0.699. The van der Waals surface area contributed by atoms with Crippen molar-refractivity contribution in [3.05, 3.63) is 47.7 Å². The van der Waals surface area contributed by atoms with Crippen LogP contribution in [0.15, 0.2) is 42.1 Å². The lowest BCUT2D eigenvalue weighted by Gasteiger charge is -2.23. The molecule has 0 amide bonds. The van der Waals surface area contributed by atoms with Crippen molar-refractivity contribution in [3.63, 3.8) is 0 Å². The van der Waals surface area contributed by atoms with Crippen LogP contribution in [0.25, 0.3) is 0 Å². The van der Waals surface area contributed by atoms with E-state index in [0.717, 1.165) is 18.7 Å². The van der Waals surface area contributed by atoms with Gasteiger partial charge in [-0.25, -0.2) is 0 Å². The van der Waals surface area contributed by atoms with E-state index in [0.29, 0.717) is 11.8 Å². The topological polar surface area (TPSA) is 62.7 Å². The third-order valence-electron chi connectivity index (χ3n) is 4.67. The zero-order valence-electron chi connectivity index (χ0n) is 16.0. The zero-order chi connectivity index (χ0) is 18.4. The summed E-state index contributed by atoms with van der Waals surface area (Å²) in [6.07, 6.45) is 10.2. The molecule has 2 aromatic rings. The second kappa shape index (κ2) is 8.30. The summed E-state index contributed by atoms with van der Waals surface area (Å²) in [5, 5.41) is 14.9. The van der Waals surface area contributed by atoms with Crippen molar-refractivity contribution < 1.29 is 0 Å². The normalized spacial score (nSPS) is 14.7. The van der Waals surface area contributed by atoms with Crippen LogP contribution in [0.3, 0.4) is 0 Å². The molecule has 0 saturated carbocycles. The Morgan fingerprint density at radius 2 is 1.96 bits per heavy atom. The van der Waals surface area contributed by atoms with Gasteiger partial charge < -0.3 is 10.6 Å². The molecule has 5 heteroatoms. The van der Waals surface area contributed by atoms with Crippen LogP contribution in [0.1, 0.15) is 58.4 Å². The van der Waals surface area contributed by atoms with E-state index in [9.17, 15) is 0 Å². The Morgan fingerprint density at radius 1 is 1.12 bits per heavy atom. The Morgan fingerprint density at radius 3 is 2.73 bits per heavy atom. The van der Waals surface area contributed by atoms with E-state index in [4.69, 9.17) is 0 Å². The van der Waals surface area contributed by atoms with E-state index in [1.807, 2.05) is 6.07 Å². The van der Waals surface area contributed by atoms with Crippen molar-refractivity contribution in [1.82, 2.24) is 15.2 Å². The fourth-order valence-corrected chi connectivity index (χ4v) is 3.29. The van der Waals surface area contributed by atoms with Crippen molar-refractivity contribution >= 4 is 17.5 Å². The molecule has 5 nitrogen and oxygen atoms in total. The average molecular weight is 351 g/mol. The van der Waals surface area contributed by atoms with E-state index < -0.39 is 0 Å². The molecule has 1 aromatic heterocycles. The molecule has 0 atom stereocenters. The summed E-state index contributed by atoms with van der Waals surface area (Å²) in [6, 6.07) is 8.32. The molecule has 0 unspecified atom stereocenters. The van der Waals surface area contributed by atoms with Gasteiger partial charge in [-0.1, -0.05) is 50.6 Å². The highest BCUT2D eigenvalue weighted by molar-refractivity contribution is 5.62. The Bertz CT molecular complexity index is 761. The number of rotatable bonds is 6. The standard InChI is InChI=1S/C21H29N5/c1-21(2,3)17-11-7-8-12-18(17)24-19-15-23-26-20(25-19)22-14-13-16-9-5-4-6-10-16/h7-9,11-12,15H,4-6,10,13-14H2,1-3H3,(H2,22,24,25,26). The molecular formula is C21H29N5. The van der Waals surface area contributed by atoms with Crippen molar-refractivity contribution in [3.8, 4) is 0 Å². The summed E-state index contributed by atoms with van der Waals surface area (Å²) in [5.41, 5.74) is 3.90. The lowest BCUT2D eigenvalue weighted by molar-refractivity contribution is 0.592. The smallest absolute Gasteiger partial charge is 0.244 e. The highest BCUT2D eigenvalue weighted by Gasteiger charge is 2.17. The molecule has 0 fully saturated rings. The van der Waals surface area contributed by atoms with Crippen LogP contribution in [0.4, 0.5) is 17.5 Å². The summed E-state index contributed by atoms with van der Waals surface area (Å²) in [6.45, 7) is 7.46. The number of nitrogens with one attached hydrogen (secondary N) is 2. The molecule has 2 N–H and O–H groups in total. The minimum atomic E-state index is 0.0544. The average Bonchev–Trinajstić information content (AvgIpc) is 2.63. The third kappa shape index (κ3) is 5.04. The van der Waals surface area contributed by atoms with Crippen molar-refractivity contribution in [2.24, 2.45) is 0 Å². The second-order valence-corrected chi connectivity index (χ2v) is 7.87. The lowest BCUT2D eigenvalue weighted by Crippen LogP contribution is -2.14. The molecule has 0 aliphatic heterocycles. The summed E-state index contributed by atoms with van der Waals surface area (Å²) in [5.74, 6) is 1.27. The number of hydrogen-bond acceptors (Lipinski definition) is 5. The highest BCUT2D eigenvalue weighted by Crippen LogP contribution is 2.30. The summed E-state index contributed by atoms with van der Waals surface area (Å²) < 4.78 is 0. The van der Waals surface area contributed by atoms with Gasteiger partial charge in [-0.2, -0.15) is 10.1 Å². The Labute approximate surface area is 156 Å². The fourth-order valence-electron chi connectivity index (χ4n) is 3.29. The molecule has 1 heterocycles. The molecule has 3 rings (SSSR count). The number of allylic oxidation sites excluding steroid dienone is 1. The lowest BCUT2D eigenvalue weighted by atomic mass is 9.86. The SMILES string of the molecule is CC(C)(C)c1ccccc1Nc1cnnc(NCCC2=CCCCC2)n1. The Hall–Kier alpha value is -2.43. The van der Waals surface area contributed by atoms with Crippen LogP contribution < -0.4 is 10.6 Å². The molecular weight excluding hydrogens is 322 g/mol. The largest absolute Gasteiger partial charge is 0.353 e. The number of anilines is 3. The Kier molecular flexibility index (Phi) is 5.86. The first-order chi connectivity index (χ1) is 12.5. The number of nitrogens with zero attached hydrogens (tertiary/aromatic N) is 3. The highest BCUT2D eigenvalue weighted by atomic mass is 15.3. The van der Waals surface area contributed by atoms with Gasteiger partial charge in [0.2, 0.25) is 5.95 Å². The monoisotopic (exact) mass is 351 g/mol. The van der Waals surface area contributed by atoms with Gasteiger partial charge in [-0.15, -0.1) is 5.10 Å². The maximum Gasteiger partial charge on any atom is 0.244 e. The van der Waals surface area contributed by atoms with Gasteiger partial charge in [-0.05, 0) is 49.1 Å². The van der Waals surface area contributed by atoms with Crippen molar-refractivity contribution in [2.75, 3.05) is 17.2 Å². The zero-order valence-corrected chi connectivity index (χ0v) is 16.0. The molecule has 1 aliphatic carbocycles. The molecule has 138 valence electrons. The molecule has 1 aliphatic rings. The van der Waals surface area contributed by atoms with Gasteiger partial charge in [0, 0.05) is 12.2 Å². The van der Waals surface area contributed by atoms with Gasteiger partial charge in [0.05, 0.1) is 6.20 Å². The first-order valence-electron chi connectivity index (χ1n) is 9.50. The molecule has 0 bridgehead atoms. The number of para-hydroxylation sites is 1. The Balaban J connectivity index is 1.64. The van der Waals surface area contributed by atoms with Gasteiger partial charge in [0.1, 0.15) is 0 Å². The minimum absolute atomic E-state index is 0.0544. The van der Waals surface area contributed by atoms with Gasteiger partial charge in [0.25, 0.3) is 0 Å². The molecule has 1 aromatic carbocycles. The molecule has 0 radical (unpaired) electrons. The first kappa shape index (κ1) is 18.4. The van der Waals surface area contributed by atoms with Crippen LogP contribution >= 0.6 is 0 Å². The van der Waals surface area contributed by atoms with E-state index in [1.165, 1.54) is 31.2 Å². The van der Waals surface area contributed by atoms with Gasteiger partial charge >= 0.3 is 0 Å². The van der Waals surface area contributed by atoms with Crippen molar-refractivity contribution in [2.45, 2.75) is 58.3 Å². The van der Waals surface area contributed by atoms with Crippen LogP contribution in [-0.2, 0) is 5.41 Å². The molecule has 0 spiro atoms. The summed E-state index contributed by atoms with van der Waals surface area (Å²) >= 11 is 0. The molecule has 0 saturated heterocycles.